The highest BCUT2D eigenvalue weighted by atomic mass is 16.5. The zero-order valence-electron chi connectivity index (χ0n) is 34.8. The van der Waals surface area contributed by atoms with E-state index in [9.17, 15) is 0 Å². The second kappa shape index (κ2) is 19.1. The minimum absolute atomic E-state index is 0.267. The third kappa shape index (κ3) is 9.96. The van der Waals surface area contributed by atoms with E-state index in [0.29, 0.717) is 40.7 Å². The molecule has 0 atom stereocenters. The van der Waals surface area contributed by atoms with Crippen LogP contribution in [0.5, 0.6) is 17.2 Å². The zero-order chi connectivity index (χ0) is 42.7. The Morgan fingerprint density at radius 1 is 0.381 bits per heavy atom. The summed E-state index contributed by atoms with van der Waals surface area (Å²) in [5.74, 6) is 1.90. The van der Waals surface area contributed by atoms with Crippen LogP contribution in [0.4, 0.5) is 17.1 Å². The molecular weight excluding hydrogens is 781 g/mol. The highest BCUT2D eigenvalue weighted by Crippen LogP contribution is 2.35. The number of pyridine rings is 3. The first-order valence-electron chi connectivity index (χ1n) is 20.9. The highest BCUT2D eigenvalue weighted by molar-refractivity contribution is 5.88. The van der Waals surface area contributed by atoms with Crippen LogP contribution in [-0.2, 0) is 0 Å². The molecule has 0 aliphatic heterocycles. The van der Waals surface area contributed by atoms with Crippen molar-refractivity contribution in [1.82, 2.24) is 15.0 Å². The molecule has 0 saturated carbocycles. The van der Waals surface area contributed by atoms with Gasteiger partial charge in [0.25, 0.3) is 0 Å². The Morgan fingerprint density at radius 3 is 1.02 bits per heavy atom. The molecule has 0 unspecified atom stereocenters. The molecule has 0 spiro atoms. The number of hydrogen-bond donors (Lipinski definition) is 0. The van der Waals surface area contributed by atoms with Gasteiger partial charge in [0.2, 0.25) is 0 Å². The first-order chi connectivity index (χ1) is 31.1. The predicted molar refractivity (Wildman–Crippen MR) is 256 cm³/mol. The van der Waals surface area contributed by atoms with Crippen LogP contribution in [0.25, 0.3) is 32.7 Å². The summed E-state index contributed by atoms with van der Waals surface area (Å²) in [5, 5.41) is 3.23. The summed E-state index contributed by atoms with van der Waals surface area (Å²) in [6, 6.07) is 59.4. The fourth-order valence-corrected chi connectivity index (χ4v) is 7.05. The van der Waals surface area contributed by atoms with Gasteiger partial charge in [-0.1, -0.05) is 116 Å². The van der Waals surface area contributed by atoms with Gasteiger partial charge >= 0.3 is 0 Å². The van der Waals surface area contributed by atoms with E-state index in [1.54, 1.807) is 18.6 Å². The third-order valence-corrected chi connectivity index (χ3v) is 10.8. The van der Waals surface area contributed by atoms with Crippen LogP contribution in [0.3, 0.4) is 0 Å². The van der Waals surface area contributed by atoms with Crippen molar-refractivity contribution in [2.75, 3.05) is 19.8 Å². The average molecular weight is 825 g/mol. The number of aromatic nitrogens is 3. The van der Waals surface area contributed by atoms with Crippen molar-refractivity contribution in [3.05, 3.63) is 199 Å². The minimum Gasteiger partial charge on any atom is -0.490 e. The van der Waals surface area contributed by atoms with Crippen molar-refractivity contribution >= 4 is 68.4 Å². The van der Waals surface area contributed by atoms with Crippen LogP contribution in [0.15, 0.2) is 197 Å². The Bertz CT molecular complexity index is 2780. The summed E-state index contributed by atoms with van der Waals surface area (Å²) >= 11 is 0. The van der Waals surface area contributed by atoms with Crippen molar-refractivity contribution in [2.45, 2.75) is 13.3 Å². The summed E-state index contributed by atoms with van der Waals surface area (Å²) in [6.07, 6.45) is 5.97. The molecule has 9 aromatic rings. The molecule has 0 radical (unpaired) electrons. The van der Waals surface area contributed by atoms with Gasteiger partial charge in [0.1, 0.15) is 54.1 Å². The Hall–Kier alpha value is -8.04. The molecular formula is C54H44N6O3. The van der Waals surface area contributed by atoms with Crippen LogP contribution in [0.1, 0.15) is 30.4 Å². The lowest BCUT2D eigenvalue weighted by atomic mass is 9.88. The third-order valence-electron chi connectivity index (χ3n) is 10.8. The van der Waals surface area contributed by atoms with Crippen molar-refractivity contribution < 1.29 is 14.2 Å². The molecule has 0 aliphatic rings. The highest BCUT2D eigenvalue weighted by Gasteiger charge is 2.33. The largest absolute Gasteiger partial charge is 0.490 e. The summed E-state index contributed by atoms with van der Waals surface area (Å²) in [6.45, 7) is 2.92. The molecule has 0 fully saturated rings. The molecule has 9 heteroatoms. The molecule has 0 saturated heterocycles. The topological polar surface area (TPSA) is 103 Å². The number of fused-ring (bicyclic) bond motifs is 3. The van der Waals surface area contributed by atoms with Crippen molar-refractivity contribution in [3.63, 3.8) is 0 Å². The lowest BCUT2D eigenvalue weighted by Crippen LogP contribution is -2.40. The van der Waals surface area contributed by atoms with E-state index in [-0.39, 0.29) is 19.8 Å². The second-order valence-electron chi connectivity index (χ2n) is 15.2. The molecule has 0 amide bonds. The quantitative estimate of drug-likeness (QED) is 0.0899. The molecule has 63 heavy (non-hydrogen) atoms. The maximum absolute atomic E-state index is 6.70. The normalized spacial score (nSPS) is 12.7. The van der Waals surface area contributed by atoms with Gasteiger partial charge in [0.15, 0.2) is 0 Å². The second-order valence-corrected chi connectivity index (χ2v) is 15.2. The van der Waals surface area contributed by atoms with E-state index >= 15 is 0 Å². The van der Waals surface area contributed by atoms with Gasteiger partial charge in [-0.3, -0.25) is 15.0 Å². The van der Waals surface area contributed by atoms with Gasteiger partial charge in [-0.05, 0) is 79.2 Å². The van der Waals surface area contributed by atoms with Gasteiger partial charge < -0.3 is 14.2 Å². The fraction of sp³-hybridized carbons (Fsp3) is 0.111. The molecule has 0 N–H and O–H groups in total. The van der Waals surface area contributed by atoms with Crippen LogP contribution in [0, 0.1) is 5.41 Å². The molecule has 3 aromatic heterocycles. The van der Waals surface area contributed by atoms with Crippen LogP contribution < -0.4 is 14.2 Å². The molecule has 9 nitrogen and oxygen atoms in total. The van der Waals surface area contributed by atoms with Crippen LogP contribution in [-0.4, -0.2) is 53.4 Å². The molecule has 0 bridgehead atoms. The maximum atomic E-state index is 6.70. The van der Waals surface area contributed by atoms with E-state index in [0.717, 1.165) is 49.8 Å². The summed E-state index contributed by atoms with van der Waals surface area (Å²) < 4.78 is 20.1. The van der Waals surface area contributed by atoms with Crippen molar-refractivity contribution in [3.8, 4) is 17.2 Å². The molecule has 6 aromatic carbocycles. The smallest absolute Gasteiger partial charge is 0.144 e. The van der Waals surface area contributed by atoms with E-state index in [1.807, 2.05) is 164 Å². The minimum atomic E-state index is -0.635. The average Bonchev–Trinajstić information content (AvgIpc) is 3.35. The van der Waals surface area contributed by atoms with Gasteiger partial charge in [-0.15, -0.1) is 0 Å². The fourth-order valence-electron chi connectivity index (χ4n) is 7.05. The lowest BCUT2D eigenvalue weighted by Gasteiger charge is -2.32. The first kappa shape index (κ1) is 40.4. The zero-order valence-corrected chi connectivity index (χ0v) is 34.8. The van der Waals surface area contributed by atoms with E-state index in [1.165, 1.54) is 0 Å². The van der Waals surface area contributed by atoms with Crippen LogP contribution >= 0.6 is 0 Å². The Kier molecular flexibility index (Phi) is 12.3. The summed E-state index contributed by atoms with van der Waals surface area (Å²) in [7, 11) is 0. The SMILES string of the molecule is CCC(COc1ccccc1N=Cc1ccc2ccccc2n1)(COc1ccccc1N=Cc1ccc2ccccc2n1)COc1ccccc1N=Cc1ccc2ccccc2n1. The van der Waals surface area contributed by atoms with Gasteiger partial charge in [-0.2, -0.15) is 0 Å². The number of ether oxygens (including phenoxy) is 3. The number of rotatable bonds is 16. The summed E-state index contributed by atoms with van der Waals surface area (Å²) in [5.41, 5.74) is 6.41. The monoisotopic (exact) mass is 824 g/mol. The van der Waals surface area contributed by atoms with Crippen molar-refractivity contribution in [1.29, 1.82) is 0 Å². The van der Waals surface area contributed by atoms with Crippen molar-refractivity contribution in [2.24, 2.45) is 20.4 Å². The summed E-state index contributed by atoms with van der Waals surface area (Å²) in [4.78, 5) is 28.8. The maximum Gasteiger partial charge on any atom is 0.144 e. The Labute approximate surface area is 366 Å². The number of para-hydroxylation sites is 9. The molecule has 3 heterocycles. The van der Waals surface area contributed by atoms with Gasteiger partial charge in [0, 0.05) is 16.2 Å². The number of benzene rings is 6. The Balaban J connectivity index is 0.975. The number of nitrogens with zero attached hydrogens (tertiary/aromatic N) is 6. The number of hydrogen-bond acceptors (Lipinski definition) is 9. The number of aliphatic imine (C=N–C) groups is 3. The van der Waals surface area contributed by atoms with E-state index < -0.39 is 5.41 Å². The van der Waals surface area contributed by atoms with E-state index in [4.69, 9.17) is 44.1 Å². The van der Waals surface area contributed by atoms with Gasteiger partial charge in [0.05, 0.1) is 57.7 Å². The molecule has 308 valence electrons. The van der Waals surface area contributed by atoms with Crippen LogP contribution in [0.2, 0.25) is 0 Å². The molecule has 0 aliphatic carbocycles. The molecule has 9 rings (SSSR count). The van der Waals surface area contributed by atoms with Gasteiger partial charge in [-0.25, -0.2) is 15.0 Å². The predicted octanol–water partition coefficient (Wildman–Crippen LogP) is 12.5. The first-order valence-corrected chi connectivity index (χ1v) is 20.9. The standard InChI is InChI=1S/C54H44N6O3/c1-2-54(36-61-51-24-12-9-21-48(51)55-33-42-30-27-39-15-3-6-18-45(39)58-42,37-62-52-25-13-10-22-49(52)56-34-43-31-28-40-16-4-7-19-46(40)59-43)38-63-53-26-14-11-23-50(53)57-35-44-32-29-41-17-5-8-20-47(41)60-44/h3-35H,2,36-38H2,1H3. The lowest BCUT2D eigenvalue weighted by molar-refractivity contribution is 0.0299. The van der Waals surface area contributed by atoms with E-state index in [2.05, 4.69) is 25.1 Å². The Morgan fingerprint density at radius 2 is 0.683 bits per heavy atom.